The van der Waals surface area contributed by atoms with Crippen LogP contribution in [0.2, 0.25) is 0 Å². The first-order valence-corrected chi connectivity index (χ1v) is 6.23. The Kier molecular flexibility index (Phi) is 1.92. The molecular formula is C18H12. The van der Waals surface area contributed by atoms with Crippen LogP contribution in [0.25, 0.3) is 32.3 Å². The maximum absolute atomic E-state index is 2.27. The van der Waals surface area contributed by atoms with Gasteiger partial charge in [0.05, 0.1) is 0 Å². The van der Waals surface area contributed by atoms with E-state index in [2.05, 4.69) is 72.8 Å². The van der Waals surface area contributed by atoms with Gasteiger partial charge >= 0.3 is 0 Å². The maximum Gasteiger partial charge on any atom is -0.00266 e. The van der Waals surface area contributed by atoms with Gasteiger partial charge in [-0.05, 0) is 38.4 Å². The summed E-state index contributed by atoms with van der Waals surface area (Å²) < 4.78 is 0. The van der Waals surface area contributed by atoms with Crippen molar-refractivity contribution in [2.24, 2.45) is 0 Å². The number of hydrogen-bond acceptors (Lipinski definition) is 0. The van der Waals surface area contributed by atoms with Crippen LogP contribution in [0.4, 0.5) is 0 Å². The number of hydrogen-bond donors (Lipinski definition) is 0. The number of fused-ring (bicyclic) bond motifs is 5. The molecule has 0 aliphatic heterocycles. The van der Waals surface area contributed by atoms with Gasteiger partial charge in [0, 0.05) is 0 Å². The SMILES string of the molecule is c1ccc2cc3cccc4cccc4c3c2cc1. The Hall–Kier alpha value is -2.34. The molecule has 0 radical (unpaired) electrons. The fourth-order valence-corrected chi connectivity index (χ4v) is 2.80. The maximum atomic E-state index is 2.27. The standard InChI is InChI=1S/C18H12/c1-2-6-14-12-15-9-4-7-13-8-5-11-16(13)18(15)17(14)10-3-1/h1-12H. The lowest BCUT2D eigenvalue weighted by Crippen LogP contribution is -1.60. The Balaban J connectivity index is 2.41. The largest absolute Gasteiger partial charge is 0.0622 e. The Morgan fingerprint density at radius 3 is 2.00 bits per heavy atom. The van der Waals surface area contributed by atoms with Gasteiger partial charge in [0.25, 0.3) is 0 Å². The highest BCUT2D eigenvalue weighted by atomic mass is 14.1. The molecule has 0 aliphatic carbocycles. The van der Waals surface area contributed by atoms with Crippen LogP contribution in [0.3, 0.4) is 0 Å². The third kappa shape index (κ3) is 1.26. The second-order valence-corrected chi connectivity index (χ2v) is 4.67. The van der Waals surface area contributed by atoms with Crippen LogP contribution in [-0.4, -0.2) is 0 Å². The summed E-state index contributed by atoms with van der Waals surface area (Å²) in [6.45, 7) is 0. The fraction of sp³-hybridized carbons (Fsp3) is 0. The molecule has 0 bridgehead atoms. The van der Waals surface area contributed by atoms with Crippen molar-refractivity contribution < 1.29 is 0 Å². The van der Waals surface area contributed by atoms with E-state index in [0.717, 1.165) is 0 Å². The quantitative estimate of drug-likeness (QED) is 0.390. The van der Waals surface area contributed by atoms with Crippen molar-refractivity contribution in [3.05, 3.63) is 72.8 Å². The van der Waals surface area contributed by atoms with Gasteiger partial charge in [0.1, 0.15) is 0 Å². The van der Waals surface area contributed by atoms with Crippen molar-refractivity contribution >= 4 is 32.3 Å². The Morgan fingerprint density at radius 1 is 0.444 bits per heavy atom. The first-order chi connectivity index (χ1) is 8.93. The van der Waals surface area contributed by atoms with E-state index in [4.69, 9.17) is 0 Å². The molecule has 0 amide bonds. The van der Waals surface area contributed by atoms with Gasteiger partial charge < -0.3 is 0 Å². The summed E-state index contributed by atoms with van der Waals surface area (Å²) in [5.74, 6) is 0. The van der Waals surface area contributed by atoms with E-state index >= 15 is 0 Å². The zero-order valence-corrected chi connectivity index (χ0v) is 9.93. The summed E-state index contributed by atoms with van der Waals surface area (Å²) in [6, 6.07) is 26.0. The molecule has 0 fully saturated rings. The zero-order valence-electron chi connectivity index (χ0n) is 9.93. The average molecular weight is 228 g/mol. The molecule has 0 heterocycles. The van der Waals surface area contributed by atoms with Crippen LogP contribution in [0.5, 0.6) is 0 Å². The minimum atomic E-state index is 1.31. The van der Waals surface area contributed by atoms with Crippen molar-refractivity contribution in [3.63, 3.8) is 0 Å². The summed E-state index contributed by atoms with van der Waals surface area (Å²) in [6.07, 6.45) is 0. The lowest BCUT2D eigenvalue weighted by atomic mass is 10.1. The third-order valence-corrected chi connectivity index (χ3v) is 3.61. The predicted molar refractivity (Wildman–Crippen MR) is 79.0 cm³/mol. The topological polar surface area (TPSA) is 0 Å². The highest BCUT2D eigenvalue weighted by molar-refractivity contribution is 6.22. The van der Waals surface area contributed by atoms with E-state index in [1.54, 1.807) is 0 Å². The van der Waals surface area contributed by atoms with Crippen LogP contribution in [0.15, 0.2) is 72.8 Å². The van der Waals surface area contributed by atoms with E-state index < -0.39 is 0 Å². The van der Waals surface area contributed by atoms with Crippen molar-refractivity contribution in [2.75, 3.05) is 0 Å². The van der Waals surface area contributed by atoms with Crippen LogP contribution in [-0.2, 0) is 0 Å². The van der Waals surface area contributed by atoms with E-state index in [1.165, 1.54) is 32.3 Å². The third-order valence-electron chi connectivity index (χ3n) is 3.61. The molecule has 0 saturated carbocycles. The minimum absolute atomic E-state index is 1.31. The molecule has 4 aromatic carbocycles. The first kappa shape index (κ1) is 9.67. The van der Waals surface area contributed by atoms with Crippen molar-refractivity contribution in [1.29, 1.82) is 0 Å². The van der Waals surface area contributed by atoms with Gasteiger partial charge in [-0.15, -0.1) is 0 Å². The Labute approximate surface area is 105 Å². The Bertz CT molecular complexity index is 872. The first-order valence-electron chi connectivity index (χ1n) is 6.23. The van der Waals surface area contributed by atoms with E-state index in [1.807, 2.05) is 0 Å². The summed E-state index contributed by atoms with van der Waals surface area (Å²) in [5, 5.41) is 7.98. The summed E-state index contributed by atoms with van der Waals surface area (Å²) in [7, 11) is 0. The summed E-state index contributed by atoms with van der Waals surface area (Å²) in [4.78, 5) is 0. The normalized spacial score (nSPS) is 11.3. The monoisotopic (exact) mass is 228 g/mol. The van der Waals surface area contributed by atoms with Gasteiger partial charge in [0.2, 0.25) is 0 Å². The molecular weight excluding hydrogens is 216 g/mol. The van der Waals surface area contributed by atoms with Crippen LogP contribution in [0.1, 0.15) is 0 Å². The van der Waals surface area contributed by atoms with Gasteiger partial charge in [-0.1, -0.05) is 66.7 Å². The molecule has 0 nitrogen and oxygen atoms in total. The van der Waals surface area contributed by atoms with Crippen molar-refractivity contribution in [2.45, 2.75) is 0 Å². The molecule has 4 aromatic rings. The lowest BCUT2D eigenvalue weighted by Gasteiger charge is -1.88. The predicted octanol–water partition coefficient (Wildman–Crippen LogP) is 5.15. The molecule has 0 atom stereocenters. The minimum Gasteiger partial charge on any atom is -0.0622 e. The van der Waals surface area contributed by atoms with Crippen molar-refractivity contribution in [1.82, 2.24) is 0 Å². The molecule has 0 heteroatoms. The van der Waals surface area contributed by atoms with Gasteiger partial charge in [-0.25, -0.2) is 0 Å². The molecule has 84 valence electrons. The van der Waals surface area contributed by atoms with Crippen LogP contribution in [0, 0.1) is 0 Å². The molecule has 18 heavy (non-hydrogen) atoms. The second-order valence-electron chi connectivity index (χ2n) is 4.67. The summed E-state index contributed by atoms with van der Waals surface area (Å²) >= 11 is 0. The molecule has 0 aliphatic rings. The molecule has 0 spiro atoms. The van der Waals surface area contributed by atoms with Gasteiger partial charge in [-0.2, -0.15) is 0 Å². The van der Waals surface area contributed by atoms with Crippen LogP contribution >= 0.6 is 0 Å². The van der Waals surface area contributed by atoms with Crippen molar-refractivity contribution in [3.8, 4) is 0 Å². The molecule has 4 rings (SSSR count). The number of rotatable bonds is 0. The van der Waals surface area contributed by atoms with Gasteiger partial charge in [-0.3, -0.25) is 0 Å². The summed E-state index contributed by atoms with van der Waals surface area (Å²) in [5.41, 5.74) is 0. The highest BCUT2D eigenvalue weighted by Gasteiger charge is 2.05. The second kappa shape index (κ2) is 3.58. The zero-order chi connectivity index (χ0) is 11.9. The fourth-order valence-electron chi connectivity index (χ4n) is 2.80. The average Bonchev–Trinajstić information content (AvgIpc) is 2.83. The Morgan fingerprint density at radius 2 is 1.06 bits per heavy atom. The molecule has 0 saturated heterocycles. The van der Waals surface area contributed by atoms with Gasteiger partial charge in [0.15, 0.2) is 0 Å². The van der Waals surface area contributed by atoms with Crippen LogP contribution < -0.4 is 0 Å². The van der Waals surface area contributed by atoms with E-state index in [-0.39, 0.29) is 0 Å². The van der Waals surface area contributed by atoms with E-state index in [0.29, 0.717) is 0 Å². The molecule has 0 unspecified atom stereocenters. The molecule has 0 aromatic heterocycles. The smallest absolute Gasteiger partial charge is 0.00266 e. The molecule has 0 N–H and O–H groups in total. The highest BCUT2D eigenvalue weighted by Crippen LogP contribution is 2.33. The lowest BCUT2D eigenvalue weighted by molar-refractivity contribution is 1.88. The van der Waals surface area contributed by atoms with E-state index in [9.17, 15) is 0 Å².